The van der Waals surface area contributed by atoms with Crippen LogP contribution in [0.15, 0.2) is 30.9 Å². The van der Waals surface area contributed by atoms with Crippen LogP contribution >= 0.6 is 0 Å². The van der Waals surface area contributed by atoms with Crippen LogP contribution in [-0.4, -0.2) is 60.4 Å². The lowest BCUT2D eigenvalue weighted by Crippen LogP contribution is -2.32. The Labute approximate surface area is 159 Å². The van der Waals surface area contributed by atoms with Crippen molar-refractivity contribution in [1.82, 2.24) is 15.0 Å². The molecule has 0 saturated carbocycles. The molecule has 0 aliphatic rings. The summed E-state index contributed by atoms with van der Waals surface area (Å²) in [6, 6.07) is 3.66. The highest BCUT2D eigenvalue weighted by Crippen LogP contribution is 2.06. The number of ether oxygens (including phenoxy) is 2. The first kappa shape index (κ1) is 22.2. The van der Waals surface area contributed by atoms with Gasteiger partial charge in [0.05, 0.1) is 6.61 Å². The van der Waals surface area contributed by atoms with Crippen molar-refractivity contribution >= 4 is 11.9 Å². The Morgan fingerprint density at radius 3 is 2.56 bits per heavy atom. The number of aryl methyl sites for hydroxylation is 1. The summed E-state index contributed by atoms with van der Waals surface area (Å²) in [4.78, 5) is 25.9. The molecule has 0 unspecified atom stereocenters. The average molecular weight is 378 g/mol. The van der Waals surface area contributed by atoms with Gasteiger partial charge < -0.3 is 19.5 Å². The van der Waals surface area contributed by atoms with Crippen LogP contribution in [0.4, 0.5) is 5.95 Å². The smallest absolute Gasteiger partial charge is 0.344 e. The van der Waals surface area contributed by atoms with E-state index in [1.807, 2.05) is 38.6 Å². The van der Waals surface area contributed by atoms with E-state index in [2.05, 4.69) is 26.4 Å². The second-order valence-electron chi connectivity index (χ2n) is 5.63. The summed E-state index contributed by atoms with van der Waals surface area (Å²) in [6.45, 7) is 3.14. The Hall–Kier alpha value is -2.81. The second kappa shape index (κ2) is 12.5. The van der Waals surface area contributed by atoms with Gasteiger partial charge in [-0.2, -0.15) is 4.98 Å². The SMILES string of the molecule is CCC[n+]1ccc(OCC(=O)OCCc2ncnc(N(C)C)n2)cc1.CO. The third-order valence-electron chi connectivity index (χ3n) is 3.30. The average Bonchev–Trinajstić information content (AvgIpc) is 2.69. The number of rotatable bonds is 9. The fourth-order valence-corrected chi connectivity index (χ4v) is 2.04. The number of esters is 1. The van der Waals surface area contributed by atoms with E-state index in [0.29, 0.717) is 23.9 Å². The molecule has 2 heterocycles. The summed E-state index contributed by atoms with van der Waals surface area (Å²) in [5, 5.41) is 7.00. The minimum atomic E-state index is -0.424. The number of aliphatic hydroxyl groups is 1. The predicted molar refractivity (Wildman–Crippen MR) is 99.4 cm³/mol. The molecule has 2 aromatic heterocycles. The first-order valence-electron chi connectivity index (χ1n) is 8.66. The largest absolute Gasteiger partial charge is 0.481 e. The zero-order chi connectivity index (χ0) is 20.1. The van der Waals surface area contributed by atoms with Gasteiger partial charge in [-0.15, -0.1) is 0 Å². The minimum Gasteiger partial charge on any atom is -0.481 e. The topological polar surface area (TPSA) is 102 Å². The monoisotopic (exact) mass is 378 g/mol. The fraction of sp³-hybridized carbons (Fsp3) is 0.500. The summed E-state index contributed by atoms with van der Waals surface area (Å²) in [7, 11) is 4.70. The molecule has 0 fully saturated rings. The maximum atomic E-state index is 11.7. The highest BCUT2D eigenvalue weighted by molar-refractivity contribution is 5.71. The van der Waals surface area contributed by atoms with Crippen LogP contribution in [0.25, 0.3) is 0 Å². The number of anilines is 1. The number of hydrogen-bond donors (Lipinski definition) is 1. The van der Waals surface area contributed by atoms with E-state index in [1.165, 1.54) is 6.33 Å². The van der Waals surface area contributed by atoms with Crippen LogP contribution in [0.5, 0.6) is 5.75 Å². The predicted octanol–water partition coefficient (Wildman–Crippen LogP) is 0.408. The summed E-state index contributed by atoms with van der Waals surface area (Å²) in [5.41, 5.74) is 0. The Balaban J connectivity index is 0.00000176. The van der Waals surface area contributed by atoms with E-state index >= 15 is 0 Å². The van der Waals surface area contributed by atoms with Gasteiger partial charge >= 0.3 is 5.97 Å². The number of aromatic nitrogens is 4. The van der Waals surface area contributed by atoms with E-state index in [0.717, 1.165) is 20.1 Å². The first-order chi connectivity index (χ1) is 13.1. The van der Waals surface area contributed by atoms with E-state index in [1.54, 1.807) is 4.90 Å². The highest BCUT2D eigenvalue weighted by Gasteiger charge is 2.08. The summed E-state index contributed by atoms with van der Waals surface area (Å²) >= 11 is 0. The van der Waals surface area contributed by atoms with Crippen LogP contribution in [0.2, 0.25) is 0 Å². The molecule has 9 nitrogen and oxygen atoms in total. The maximum absolute atomic E-state index is 11.7. The molecule has 0 spiro atoms. The Morgan fingerprint density at radius 1 is 1.22 bits per heavy atom. The van der Waals surface area contributed by atoms with Crippen molar-refractivity contribution in [1.29, 1.82) is 0 Å². The Bertz CT molecular complexity index is 680. The van der Waals surface area contributed by atoms with Gasteiger partial charge in [-0.05, 0) is 0 Å². The summed E-state index contributed by atoms with van der Waals surface area (Å²) in [5.74, 6) is 1.37. The van der Waals surface area contributed by atoms with Gasteiger partial charge in [0.2, 0.25) is 5.95 Å². The van der Waals surface area contributed by atoms with Gasteiger partial charge in [-0.3, -0.25) is 0 Å². The zero-order valence-corrected chi connectivity index (χ0v) is 16.3. The number of carbonyl (C=O) groups is 1. The van der Waals surface area contributed by atoms with Gasteiger partial charge in [0, 0.05) is 46.2 Å². The summed E-state index contributed by atoms with van der Waals surface area (Å²) < 4.78 is 12.6. The van der Waals surface area contributed by atoms with E-state index in [4.69, 9.17) is 14.6 Å². The second-order valence-corrected chi connectivity index (χ2v) is 5.63. The van der Waals surface area contributed by atoms with Crippen molar-refractivity contribution in [3.8, 4) is 5.75 Å². The van der Waals surface area contributed by atoms with Crippen molar-refractivity contribution in [2.75, 3.05) is 39.3 Å². The van der Waals surface area contributed by atoms with Crippen molar-refractivity contribution in [2.45, 2.75) is 26.3 Å². The van der Waals surface area contributed by atoms with Crippen LogP contribution in [0.1, 0.15) is 19.2 Å². The number of pyridine rings is 1. The third-order valence-corrected chi connectivity index (χ3v) is 3.30. The molecule has 2 rings (SSSR count). The molecule has 27 heavy (non-hydrogen) atoms. The number of carbonyl (C=O) groups excluding carboxylic acids is 1. The molecule has 0 aliphatic carbocycles. The number of nitrogens with zero attached hydrogens (tertiary/aromatic N) is 5. The normalized spacial score (nSPS) is 9.81. The van der Waals surface area contributed by atoms with Crippen molar-refractivity contribution in [2.24, 2.45) is 0 Å². The van der Waals surface area contributed by atoms with Crippen LogP contribution in [0, 0.1) is 0 Å². The fourth-order valence-electron chi connectivity index (χ4n) is 2.04. The molecule has 2 aromatic rings. The van der Waals surface area contributed by atoms with Crippen molar-refractivity contribution < 1.29 is 23.9 Å². The molecule has 0 radical (unpaired) electrons. The van der Waals surface area contributed by atoms with Crippen molar-refractivity contribution in [3.63, 3.8) is 0 Å². The quantitative estimate of drug-likeness (QED) is 0.494. The molecule has 0 aromatic carbocycles. The Kier molecular flexibility index (Phi) is 10.3. The lowest BCUT2D eigenvalue weighted by atomic mass is 10.4. The van der Waals surface area contributed by atoms with Gasteiger partial charge in [0.15, 0.2) is 19.0 Å². The van der Waals surface area contributed by atoms with Gasteiger partial charge in [-0.1, -0.05) is 6.92 Å². The molecule has 0 aliphatic heterocycles. The Morgan fingerprint density at radius 2 is 1.93 bits per heavy atom. The highest BCUT2D eigenvalue weighted by atomic mass is 16.6. The first-order valence-corrected chi connectivity index (χ1v) is 8.66. The molecule has 148 valence electrons. The molecule has 9 heteroatoms. The molecule has 0 atom stereocenters. The molecule has 0 bridgehead atoms. The van der Waals surface area contributed by atoms with Gasteiger partial charge in [0.25, 0.3) is 0 Å². The number of hydrogen-bond acceptors (Lipinski definition) is 8. The molecule has 0 saturated heterocycles. The standard InChI is InChI=1S/C17H24N5O3.CH4O/c1-4-8-22-9-5-14(6-10-22)25-12-16(23)24-11-7-15-18-13-19-17(20-15)21(2)3;1-2/h5-6,9-10,13H,4,7-8,11-12H2,1-3H3;2H,1H3/q+1;. The molecular formula is C18H28N5O4+. The van der Waals surface area contributed by atoms with Crippen LogP contribution in [0.3, 0.4) is 0 Å². The molecule has 0 amide bonds. The molecule has 1 N–H and O–H groups in total. The zero-order valence-electron chi connectivity index (χ0n) is 16.3. The lowest BCUT2D eigenvalue weighted by Gasteiger charge is -2.10. The lowest BCUT2D eigenvalue weighted by molar-refractivity contribution is -0.697. The molecular weight excluding hydrogens is 350 g/mol. The van der Waals surface area contributed by atoms with E-state index in [9.17, 15) is 4.79 Å². The van der Waals surface area contributed by atoms with Crippen LogP contribution < -0.4 is 14.2 Å². The third kappa shape index (κ3) is 8.41. The minimum absolute atomic E-state index is 0.127. The maximum Gasteiger partial charge on any atom is 0.344 e. The van der Waals surface area contributed by atoms with Crippen LogP contribution in [-0.2, 0) is 22.5 Å². The van der Waals surface area contributed by atoms with Gasteiger partial charge in [-0.25, -0.2) is 19.3 Å². The van der Waals surface area contributed by atoms with Crippen molar-refractivity contribution in [3.05, 3.63) is 36.7 Å². The van der Waals surface area contributed by atoms with Gasteiger partial charge in [0.1, 0.15) is 24.4 Å². The number of aliphatic hydroxyl groups excluding tert-OH is 1. The van der Waals surface area contributed by atoms with E-state index in [-0.39, 0.29) is 13.2 Å². The van der Waals surface area contributed by atoms with E-state index < -0.39 is 5.97 Å². The summed E-state index contributed by atoms with van der Waals surface area (Å²) in [6.07, 6.45) is 6.79.